The average Bonchev–Trinajstić information content (AvgIpc) is 3.30. The smallest absolute Gasteiger partial charge is 0.267 e. The fourth-order valence-electron chi connectivity index (χ4n) is 5.41. The minimum atomic E-state index is -4.12. The van der Waals surface area contributed by atoms with Gasteiger partial charge in [0, 0.05) is 24.5 Å². The van der Waals surface area contributed by atoms with Gasteiger partial charge in [0.2, 0.25) is 6.79 Å². The van der Waals surface area contributed by atoms with Crippen molar-refractivity contribution < 1.29 is 27.4 Å². The quantitative estimate of drug-likeness (QED) is 0.602. The van der Waals surface area contributed by atoms with Crippen molar-refractivity contribution in [1.29, 1.82) is 0 Å². The third-order valence-corrected chi connectivity index (χ3v) is 8.81. The third-order valence-electron chi connectivity index (χ3n) is 6.99. The summed E-state index contributed by atoms with van der Waals surface area (Å²) >= 11 is 0. The summed E-state index contributed by atoms with van der Waals surface area (Å²) in [5, 5.41) is 10.2. The number of hydrogen-bond donors (Lipinski definition) is 1. The molecule has 1 fully saturated rings. The lowest BCUT2D eigenvalue weighted by Crippen LogP contribution is -2.68. The average molecular weight is 483 g/mol. The van der Waals surface area contributed by atoms with E-state index in [2.05, 4.69) is 4.90 Å². The molecule has 3 aromatic carbocycles. The molecule has 3 atom stereocenters. The Bertz CT molecular complexity index is 1360. The molecule has 0 bridgehead atoms. The van der Waals surface area contributed by atoms with Crippen LogP contribution < -0.4 is 13.8 Å². The molecule has 3 aliphatic heterocycles. The third kappa shape index (κ3) is 3.19. The van der Waals surface area contributed by atoms with Crippen molar-refractivity contribution >= 4 is 15.7 Å². The van der Waals surface area contributed by atoms with Gasteiger partial charge in [-0.15, -0.1) is 0 Å². The molecule has 1 N–H and O–H groups in total. The largest absolute Gasteiger partial charge is 0.454 e. The number of fused-ring (bicyclic) bond motifs is 4. The van der Waals surface area contributed by atoms with E-state index in [4.69, 9.17) is 9.47 Å². The highest BCUT2D eigenvalue weighted by molar-refractivity contribution is 7.92. The van der Waals surface area contributed by atoms with Crippen molar-refractivity contribution in [2.75, 3.05) is 24.2 Å². The van der Waals surface area contributed by atoms with Crippen LogP contribution in [0.3, 0.4) is 0 Å². The van der Waals surface area contributed by atoms with Crippen molar-refractivity contribution in [3.8, 4) is 11.5 Å². The molecule has 3 aliphatic rings. The van der Waals surface area contributed by atoms with Gasteiger partial charge in [-0.1, -0.05) is 36.4 Å². The standard InChI is InChI=1S/C25H23FN2O5S/c26-18-6-2-4-8-24(18)34(30,31)28-13-20-25(17-5-1-3-7-19(17)28)21(14-29)27(20)12-16-9-10-22-23(11-16)33-15-32-22/h1-11,20-21,25,29H,12-15H2/t20-,21+,25+/m1/s1. The summed E-state index contributed by atoms with van der Waals surface area (Å²) in [6.07, 6.45) is 0. The molecule has 0 spiro atoms. The Morgan fingerprint density at radius 2 is 1.76 bits per heavy atom. The van der Waals surface area contributed by atoms with Crippen LogP contribution in [-0.4, -0.2) is 50.5 Å². The van der Waals surface area contributed by atoms with E-state index in [-0.39, 0.29) is 42.8 Å². The van der Waals surface area contributed by atoms with Crippen LogP contribution in [0.4, 0.5) is 10.1 Å². The SMILES string of the molecule is O=S(=O)(c1ccccc1F)N1C[C@@H]2[C@H](c3ccccc31)[C@H](CO)N2Cc1ccc2c(c1)OCO2. The number of halogens is 1. The Morgan fingerprint density at radius 3 is 2.59 bits per heavy atom. The van der Waals surface area contributed by atoms with E-state index in [1.807, 2.05) is 30.3 Å². The normalized spacial score (nSPS) is 23.2. The zero-order valence-corrected chi connectivity index (χ0v) is 19.0. The van der Waals surface area contributed by atoms with Gasteiger partial charge in [0.25, 0.3) is 10.0 Å². The van der Waals surface area contributed by atoms with E-state index in [1.54, 1.807) is 12.1 Å². The van der Waals surface area contributed by atoms with Gasteiger partial charge >= 0.3 is 0 Å². The van der Waals surface area contributed by atoms with E-state index in [1.165, 1.54) is 22.5 Å². The first kappa shape index (κ1) is 21.4. The number of hydrogen-bond acceptors (Lipinski definition) is 6. The predicted molar refractivity (Wildman–Crippen MR) is 123 cm³/mol. The lowest BCUT2D eigenvalue weighted by molar-refractivity contribution is -0.0477. The fraction of sp³-hybridized carbons (Fsp3) is 0.280. The number of rotatable bonds is 5. The second kappa shape index (κ2) is 7.97. The van der Waals surface area contributed by atoms with Gasteiger partial charge in [-0.25, -0.2) is 12.8 Å². The Labute approximate surface area is 197 Å². The number of ether oxygens (including phenoxy) is 2. The summed E-state index contributed by atoms with van der Waals surface area (Å²) in [5.74, 6) is 0.564. The second-order valence-corrected chi connectivity index (χ2v) is 10.6. The summed E-state index contributed by atoms with van der Waals surface area (Å²) in [5.41, 5.74) is 2.36. The van der Waals surface area contributed by atoms with Crippen molar-refractivity contribution in [2.24, 2.45) is 0 Å². The molecular formula is C25H23FN2O5S. The Kier molecular flexibility index (Phi) is 5.02. The van der Waals surface area contributed by atoms with E-state index in [0.29, 0.717) is 23.7 Å². The maximum atomic E-state index is 14.5. The molecule has 0 unspecified atom stereocenters. The van der Waals surface area contributed by atoms with Crippen molar-refractivity contribution in [3.63, 3.8) is 0 Å². The highest BCUT2D eigenvalue weighted by Gasteiger charge is 2.54. The number of benzene rings is 3. The molecule has 3 aromatic rings. The molecule has 0 aliphatic carbocycles. The number of anilines is 1. The summed E-state index contributed by atoms with van der Waals surface area (Å²) in [7, 11) is -4.12. The Hall–Kier alpha value is -3.14. The van der Waals surface area contributed by atoms with Crippen LogP contribution >= 0.6 is 0 Å². The second-order valence-electron chi connectivity index (χ2n) is 8.73. The van der Waals surface area contributed by atoms with Gasteiger partial charge in [0.05, 0.1) is 18.8 Å². The molecule has 1 saturated heterocycles. The maximum Gasteiger partial charge on any atom is 0.267 e. The van der Waals surface area contributed by atoms with Gasteiger partial charge in [-0.05, 0) is 41.5 Å². The van der Waals surface area contributed by atoms with E-state index in [9.17, 15) is 17.9 Å². The summed E-state index contributed by atoms with van der Waals surface area (Å²) in [6.45, 7) is 0.810. The van der Waals surface area contributed by atoms with Crippen LogP contribution in [0.15, 0.2) is 71.6 Å². The van der Waals surface area contributed by atoms with Gasteiger partial charge < -0.3 is 14.6 Å². The van der Waals surface area contributed by atoms with Gasteiger partial charge in [-0.3, -0.25) is 9.21 Å². The fourth-order valence-corrected chi connectivity index (χ4v) is 6.99. The first-order valence-corrected chi connectivity index (χ1v) is 12.5. The molecular weight excluding hydrogens is 459 g/mol. The van der Waals surface area contributed by atoms with Crippen LogP contribution in [0.5, 0.6) is 11.5 Å². The number of likely N-dealkylation sites (tertiary alicyclic amines) is 1. The zero-order chi connectivity index (χ0) is 23.4. The molecule has 0 saturated carbocycles. The number of aliphatic hydroxyl groups excluding tert-OH is 1. The highest BCUT2D eigenvalue weighted by atomic mass is 32.2. The van der Waals surface area contributed by atoms with E-state index >= 15 is 0 Å². The minimum absolute atomic E-state index is 0.0257. The van der Waals surface area contributed by atoms with Crippen LogP contribution in [0.2, 0.25) is 0 Å². The van der Waals surface area contributed by atoms with E-state index in [0.717, 1.165) is 17.2 Å². The summed E-state index contributed by atoms with van der Waals surface area (Å²) in [6, 6.07) is 18.1. The topological polar surface area (TPSA) is 79.3 Å². The molecule has 3 heterocycles. The van der Waals surface area contributed by atoms with Crippen molar-refractivity contribution in [3.05, 3.63) is 83.7 Å². The first-order valence-electron chi connectivity index (χ1n) is 11.1. The first-order chi connectivity index (χ1) is 16.5. The highest BCUT2D eigenvalue weighted by Crippen LogP contribution is 2.50. The zero-order valence-electron chi connectivity index (χ0n) is 18.2. The molecule has 7 nitrogen and oxygen atoms in total. The molecule has 6 rings (SSSR count). The van der Waals surface area contributed by atoms with Gasteiger partial charge in [-0.2, -0.15) is 0 Å². The molecule has 176 valence electrons. The molecule has 0 radical (unpaired) electrons. The molecule has 34 heavy (non-hydrogen) atoms. The Balaban J connectivity index is 1.37. The van der Waals surface area contributed by atoms with Crippen molar-refractivity contribution in [1.82, 2.24) is 4.90 Å². The lowest BCUT2D eigenvalue weighted by Gasteiger charge is -2.59. The van der Waals surface area contributed by atoms with Crippen LogP contribution in [0.1, 0.15) is 17.0 Å². The number of nitrogens with zero attached hydrogens (tertiary/aromatic N) is 2. The number of para-hydroxylation sites is 1. The monoisotopic (exact) mass is 482 g/mol. The molecule has 9 heteroatoms. The maximum absolute atomic E-state index is 14.5. The summed E-state index contributed by atoms with van der Waals surface area (Å²) in [4.78, 5) is 1.77. The van der Waals surface area contributed by atoms with Crippen molar-refractivity contribution in [2.45, 2.75) is 29.4 Å². The van der Waals surface area contributed by atoms with Crippen LogP contribution in [0.25, 0.3) is 0 Å². The van der Waals surface area contributed by atoms with Crippen LogP contribution in [-0.2, 0) is 16.6 Å². The summed E-state index contributed by atoms with van der Waals surface area (Å²) < 4.78 is 53.9. The number of aliphatic hydroxyl groups is 1. The number of sulfonamides is 1. The van der Waals surface area contributed by atoms with Gasteiger partial charge in [0.1, 0.15) is 10.7 Å². The lowest BCUT2D eigenvalue weighted by atomic mass is 9.72. The predicted octanol–water partition coefficient (Wildman–Crippen LogP) is 3.09. The minimum Gasteiger partial charge on any atom is -0.454 e. The molecule has 0 amide bonds. The molecule has 0 aromatic heterocycles. The van der Waals surface area contributed by atoms with E-state index < -0.39 is 15.8 Å². The Morgan fingerprint density at radius 1 is 1.00 bits per heavy atom. The van der Waals surface area contributed by atoms with Crippen LogP contribution in [0, 0.1) is 5.82 Å². The van der Waals surface area contributed by atoms with Gasteiger partial charge in [0.15, 0.2) is 11.5 Å².